The highest BCUT2D eigenvalue weighted by molar-refractivity contribution is 9.10. The first-order valence-electron chi connectivity index (χ1n) is 7.92. The van der Waals surface area contributed by atoms with Crippen LogP contribution in [0.3, 0.4) is 0 Å². The van der Waals surface area contributed by atoms with Crippen LogP contribution in [0.1, 0.15) is 5.69 Å². The summed E-state index contributed by atoms with van der Waals surface area (Å²) in [5.41, 5.74) is 3.96. The molecule has 0 fully saturated rings. The second-order valence-electron chi connectivity index (χ2n) is 5.92. The molecule has 6 heteroatoms. The van der Waals surface area contributed by atoms with Gasteiger partial charge in [0.15, 0.2) is 0 Å². The first kappa shape index (κ1) is 17.2. The highest BCUT2D eigenvalue weighted by atomic mass is 79.9. The Balaban J connectivity index is 1.77. The predicted molar refractivity (Wildman–Crippen MR) is 108 cm³/mol. The molecular weight excluding hydrogens is 378 g/mol. The van der Waals surface area contributed by atoms with E-state index >= 15 is 0 Å². The Morgan fingerprint density at radius 1 is 0.840 bits per heavy atom. The van der Waals surface area contributed by atoms with E-state index in [1.54, 1.807) is 0 Å². The molecule has 1 heterocycles. The van der Waals surface area contributed by atoms with Gasteiger partial charge in [-0.15, -0.1) is 0 Å². The zero-order valence-corrected chi connectivity index (χ0v) is 16.0. The minimum Gasteiger partial charge on any atom is -0.378 e. The maximum absolute atomic E-state index is 4.55. The lowest BCUT2D eigenvalue weighted by Gasteiger charge is -2.13. The topological polar surface area (TPSA) is 53.1 Å². The molecule has 0 unspecified atom stereocenters. The molecule has 0 bridgehead atoms. The van der Waals surface area contributed by atoms with Crippen LogP contribution in [0.25, 0.3) is 0 Å². The summed E-state index contributed by atoms with van der Waals surface area (Å²) in [4.78, 5) is 11.1. The minimum atomic E-state index is 0.567. The fourth-order valence-electron chi connectivity index (χ4n) is 2.34. The number of rotatable bonds is 5. The Bertz CT molecular complexity index is 845. The third-order valence-corrected chi connectivity index (χ3v) is 4.14. The molecule has 0 saturated carbocycles. The van der Waals surface area contributed by atoms with Gasteiger partial charge in [-0.25, -0.2) is 4.98 Å². The van der Waals surface area contributed by atoms with Gasteiger partial charge >= 0.3 is 0 Å². The smallest absolute Gasteiger partial charge is 0.229 e. The number of hydrogen-bond donors (Lipinski definition) is 2. The molecule has 0 aliphatic rings. The molecule has 3 aromatic rings. The minimum absolute atomic E-state index is 0.567. The molecule has 25 heavy (non-hydrogen) atoms. The number of hydrogen-bond acceptors (Lipinski definition) is 5. The van der Waals surface area contributed by atoms with Gasteiger partial charge < -0.3 is 15.5 Å². The summed E-state index contributed by atoms with van der Waals surface area (Å²) >= 11 is 3.44. The average Bonchev–Trinajstić information content (AvgIpc) is 2.57. The maximum Gasteiger partial charge on any atom is 0.229 e. The quantitative estimate of drug-likeness (QED) is 0.626. The number of benzene rings is 2. The third kappa shape index (κ3) is 4.70. The van der Waals surface area contributed by atoms with Crippen LogP contribution in [0.15, 0.2) is 59.1 Å². The van der Waals surface area contributed by atoms with Crippen LogP contribution in [0, 0.1) is 6.92 Å². The lowest BCUT2D eigenvalue weighted by Crippen LogP contribution is -2.08. The first-order chi connectivity index (χ1) is 12.0. The molecule has 0 atom stereocenters. The molecule has 0 aliphatic heterocycles. The fourth-order valence-corrected chi connectivity index (χ4v) is 2.61. The Labute approximate surface area is 156 Å². The van der Waals surface area contributed by atoms with Gasteiger partial charge in [0.25, 0.3) is 0 Å². The van der Waals surface area contributed by atoms with E-state index in [2.05, 4.69) is 53.6 Å². The van der Waals surface area contributed by atoms with Gasteiger partial charge in [0.05, 0.1) is 0 Å². The Morgan fingerprint density at radius 2 is 1.44 bits per heavy atom. The van der Waals surface area contributed by atoms with Crippen LogP contribution in [0.4, 0.5) is 28.8 Å². The molecule has 0 spiro atoms. The number of aromatic nitrogens is 2. The Hall–Kier alpha value is -2.60. The van der Waals surface area contributed by atoms with Crippen molar-refractivity contribution in [1.29, 1.82) is 0 Å². The van der Waals surface area contributed by atoms with Crippen LogP contribution >= 0.6 is 15.9 Å². The standard InChI is InChI=1S/C19H20BrN5/c1-13-12-18(22-15-6-4-14(20)5-7-15)24-19(21-13)23-16-8-10-17(11-9-16)25(2)3/h4-12H,1-3H3,(H2,21,22,23,24). The monoisotopic (exact) mass is 397 g/mol. The van der Waals surface area contributed by atoms with Crippen LogP contribution in [0.2, 0.25) is 0 Å². The fraction of sp³-hybridized carbons (Fsp3) is 0.158. The summed E-state index contributed by atoms with van der Waals surface area (Å²) < 4.78 is 1.04. The zero-order chi connectivity index (χ0) is 17.8. The van der Waals surface area contributed by atoms with Gasteiger partial charge in [0.1, 0.15) is 5.82 Å². The van der Waals surface area contributed by atoms with Crippen molar-refractivity contribution in [1.82, 2.24) is 9.97 Å². The summed E-state index contributed by atoms with van der Waals surface area (Å²) in [5, 5.41) is 6.56. The summed E-state index contributed by atoms with van der Waals surface area (Å²) in [6.07, 6.45) is 0. The predicted octanol–water partition coefficient (Wildman–Crippen LogP) is 5.10. The molecule has 0 radical (unpaired) electrons. The van der Waals surface area contributed by atoms with Crippen molar-refractivity contribution in [2.75, 3.05) is 29.6 Å². The molecule has 0 aliphatic carbocycles. The van der Waals surface area contributed by atoms with Gasteiger partial charge in [-0.2, -0.15) is 4.98 Å². The van der Waals surface area contributed by atoms with E-state index < -0.39 is 0 Å². The Morgan fingerprint density at radius 3 is 2.08 bits per heavy atom. The molecule has 128 valence electrons. The van der Waals surface area contributed by atoms with E-state index in [1.165, 1.54) is 0 Å². The van der Waals surface area contributed by atoms with Gasteiger partial charge in [0.2, 0.25) is 5.95 Å². The number of anilines is 5. The van der Waals surface area contributed by atoms with E-state index in [9.17, 15) is 0 Å². The van der Waals surface area contributed by atoms with Crippen LogP contribution < -0.4 is 15.5 Å². The van der Waals surface area contributed by atoms with Crippen LogP contribution in [-0.4, -0.2) is 24.1 Å². The lowest BCUT2D eigenvalue weighted by atomic mass is 10.2. The second kappa shape index (κ2) is 7.53. The summed E-state index contributed by atoms with van der Waals surface area (Å²) in [5.74, 6) is 1.32. The van der Waals surface area contributed by atoms with E-state index in [0.29, 0.717) is 5.95 Å². The summed E-state index contributed by atoms with van der Waals surface area (Å²) in [6.45, 7) is 1.95. The second-order valence-corrected chi connectivity index (χ2v) is 6.83. The average molecular weight is 398 g/mol. The van der Waals surface area contributed by atoms with Gasteiger partial charge in [0, 0.05) is 47.4 Å². The van der Waals surface area contributed by atoms with Crippen molar-refractivity contribution < 1.29 is 0 Å². The largest absolute Gasteiger partial charge is 0.378 e. The third-order valence-electron chi connectivity index (χ3n) is 3.61. The van der Waals surface area contributed by atoms with Gasteiger partial charge in [-0.05, 0) is 55.5 Å². The highest BCUT2D eigenvalue weighted by Gasteiger charge is 2.04. The number of nitrogens with zero attached hydrogens (tertiary/aromatic N) is 3. The SMILES string of the molecule is Cc1cc(Nc2ccc(Br)cc2)nc(Nc2ccc(N(C)C)cc2)n1. The summed E-state index contributed by atoms with van der Waals surface area (Å²) in [6, 6.07) is 18.0. The van der Waals surface area contributed by atoms with Gasteiger partial charge in [-0.1, -0.05) is 15.9 Å². The zero-order valence-electron chi connectivity index (χ0n) is 14.4. The molecule has 1 aromatic heterocycles. The number of halogens is 1. The van der Waals surface area contributed by atoms with Crippen molar-refractivity contribution in [2.24, 2.45) is 0 Å². The molecular formula is C19H20BrN5. The van der Waals surface area contributed by atoms with E-state index in [-0.39, 0.29) is 0 Å². The molecule has 0 amide bonds. The summed E-state index contributed by atoms with van der Waals surface area (Å²) in [7, 11) is 4.04. The van der Waals surface area contributed by atoms with Crippen LogP contribution in [0.5, 0.6) is 0 Å². The molecule has 2 N–H and O–H groups in total. The number of aryl methyl sites for hydroxylation is 1. The van der Waals surface area contributed by atoms with Crippen molar-refractivity contribution in [2.45, 2.75) is 6.92 Å². The van der Waals surface area contributed by atoms with Crippen molar-refractivity contribution in [3.05, 3.63) is 64.8 Å². The molecule has 5 nitrogen and oxygen atoms in total. The van der Waals surface area contributed by atoms with E-state index in [1.807, 2.05) is 63.5 Å². The van der Waals surface area contributed by atoms with Crippen molar-refractivity contribution in [3.8, 4) is 0 Å². The molecule has 3 rings (SSSR count). The van der Waals surface area contributed by atoms with Gasteiger partial charge in [-0.3, -0.25) is 0 Å². The Kier molecular flexibility index (Phi) is 5.19. The molecule has 2 aromatic carbocycles. The highest BCUT2D eigenvalue weighted by Crippen LogP contribution is 2.22. The lowest BCUT2D eigenvalue weighted by molar-refractivity contribution is 1.10. The number of nitrogens with one attached hydrogen (secondary N) is 2. The van der Waals surface area contributed by atoms with Crippen LogP contribution in [-0.2, 0) is 0 Å². The van der Waals surface area contributed by atoms with E-state index in [0.717, 1.165) is 33.0 Å². The normalized spacial score (nSPS) is 10.4. The maximum atomic E-state index is 4.55. The van der Waals surface area contributed by atoms with Crippen molar-refractivity contribution >= 4 is 44.8 Å². The van der Waals surface area contributed by atoms with Crippen molar-refractivity contribution in [3.63, 3.8) is 0 Å². The first-order valence-corrected chi connectivity index (χ1v) is 8.71. The van der Waals surface area contributed by atoms with E-state index in [4.69, 9.17) is 0 Å². The molecule has 0 saturated heterocycles.